The largest absolute Gasteiger partial charge is 0.376 e. The molecule has 3 heterocycles. The van der Waals surface area contributed by atoms with Gasteiger partial charge >= 0.3 is 0 Å². The zero-order valence-electron chi connectivity index (χ0n) is 15.6. The third kappa shape index (κ3) is 4.63. The number of ether oxygens (including phenoxy) is 1. The first kappa shape index (κ1) is 19.2. The SMILES string of the molecule is CC(=O)Nc1nc(CSc2ncc(-c3ccccc3)n2CC2CCCO2)cs1. The van der Waals surface area contributed by atoms with Gasteiger partial charge in [-0.3, -0.25) is 4.79 Å². The van der Waals surface area contributed by atoms with Gasteiger partial charge in [-0.1, -0.05) is 42.1 Å². The van der Waals surface area contributed by atoms with E-state index < -0.39 is 0 Å². The fourth-order valence-electron chi connectivity index (χ4n) is 3.20. The minimum absolute atomic E-state index is 0.104. The van der Waals surface area contributed by atoms with Crippen molar-refractivity contribution in [2.45, 2.75) is 43.3 Å². The number of thiazole rings is 1. The predicted octanol–water partition coefficient (Wildman–Crippen LogP) is 4.44. The second-order valence-electron chi connectivity index (χ2n) is 6.65. The molecule has 8 heteroatoms. The van der Waals surface area contributed by atoms with Crippen LogP contribution < -0.4 is 5.32 Å². The molecule has 2 aromatic heterocycles. The number of rotatable bonds is 7. The van der Waals surface area contributed by atoms with Gasteiger partial charge in [0.1, 0.15) is 0 Å². The van der Waals surface area contributed by atoms with Crippen molar-refractivity contribution in [1.29, 1.82) is 0 Å². The van der Waals surface area contributed by atoms with Crippen LogP contribution in [0.15, 0.2) is 47.1 Å². The van der Waals surface area contributed by atoms with Crippen LogP contribution in [0.5, 0.6) is 0 Å². The van der Waals surface area contributed by atoms with Crippen molar-refractivity contribution in [2.75, 3.05) is 11.9 Å². The number of benzene rings is 1. The molecule has 0 bridgehead atoms. The summed E-state index contributed by atoms with van der Waals surface area (Å²) in [6, 6.07) is 10.3. The Kier molecular flexibility index (Phi) is 6.09. The van der Waals surface area contributed by atoms with Crippen LogP contribution in [0.1, 0.15) is 25.5 Å². The lowest BCUT2D eigenvalue weighted by molar-refractivity contribution is -0.114. The van der Waals surface area contributed by atoms with Crippen LogP contribution in [0, 0.1) is 0 Å². The Bertz CT molecular complexity index is 933. The third-order valence-electron chi connectivity index (χ3n) is 4.48. The number of amides is 1. The highest BCUT2D eigenvalue weighted by atomic mass is 32.2. The molecule has 1 saturated heterocycles. The molecule has 0 aliphatic carbocycles. The summed E-state index contributed by atoms with van der Waals surface area (Å²) < 4.78 is 8.13. The quantitative estimate of drug-likeness (QED) is 0.579. The number of aromatic nitrogens is 3. The average Bonchev–Trinajstić information content (AvgIpc) is 3.43. The lowest BCUT2D eigenvalue weighted by atomic mass is 10.1. The first-order valence-corrected chi connectivity index (χ1v) is 11.1. The summed E-state index contributed by atoms with van der Waals surface area (Å²) in [6.07, 6.45) is 4.38. The minimum Gasteiger partial charge on any atom is -0.376 e. The van der Waals surface area contributed by atoms with Crippen molar-refractivity contribution in [3.63, 3.8) is 0 Å². The Hall–Kier alpha value is -2.16. The van der Waals surface area contributed by atoms with Crippen LogP contribution >= 0.6 is 23.1 Å². The molecule has 1 amide bonds. The van der Waals surface area contributed by atoms with Gasteiger partial charge in [0.15, 0.2) is 10.3 Å². The molecule has 1 aliphatic heterocycles. The Morgan fingerprint density at radius 2 is 2.25 bits per heavy atom. The standard InChI is InChI=1S/C20H22N4O2S2/c1-14(25)22-19-23-16(12-27-19)13-28-20-21-10-18(15-6-3-2-4-7-15)24(20)11-17-8-5-9-26-17/h2-4,6-7,10,12,17H,5,8-9,11,13H2,1H3,(H,22,23,25). The van der Waals surface area contributed by atoms with Crippen molar-refractivity contribution >= 4 is 34.1 Å². The monoisotopic (exact) mass is 414 g/mol. The van der Waals surface area contributed by atoms with Crippen molar-refractivity contribution in [3.05, 3.63) is 47.6 Å². The van der Waals surface area contributed by atoms with Crippen LogP contribution in [0.2, 0.25) is 0 Å². The maximum atomic E-state index is 11.2. The maximum Gasteiger partial charge on any atom is 0.223 e. The molecule has 1 N–H and O–H groups in total. The molecule has 1 aromatic carbocycles. The van der Waals surface area contributed by atoms with Crippen LogP contribution in [0.3, 0.4) is 0 Å². The zero-order chi connectivity index (χ0) is 19.3. The maximum absolute atomic E-state index is 11.2. The van der Waals surface area contributed by atoms with E-state index in [1.54, 1.807) is 11.8 Å². The number of hydrogen-bond donors (Lipinski definition) is 1. The van der Waals surface area contributed by atoms with Crippen molar-refractivity contribution in [1.82, 2.24) is 14.5 Å². The number of carbonyl (C=O) groups is 1. The highest BCUT2D eigenvalue weighted by Gasteiger charge is 2.21. The fraction of sp³-hybridized carbons (Fsp3) is 0.350. The number of anilines is 1. The van der Waals surface area contributed by atoms with Gasteiger partial charge in [0.05, 0.1) is 30.2 Å². The molecular weight excluding hydrogens is 392 g/mol. The summed E-state index contributed by atoms with van der Waals surface area (Å²) in [6.45, 7) is 3.14. The lowest BCUT2D eigenvalue weighted by Gasteiger charge is -2.16. The van der Waals surface area contributed by atoms with Gasteiger partial charge in [-0.05, 0) is 18.4 Å². The normalized spacial score (nSPS) is 16.4. The average molecular weight is 415 g/mol. The van der Waals surface area contributed by atoms with Gasteiger partial charge in [-0.2, -0.15) is 0 Å². The lowest BCUT2D eigenvalue weighted by Crippen LogP contribution is -2.16. The van der Waals surface area contributed by atoms with Gasteiger partial charge in [-0.25, -0.2) is 9.97 Å². The Morgan fingerprint density at radius 3 is 3.00 bits per heavy atom. The Balaban J connectivity index is 1.53. The molecule has 0 radical (unpaired) electrons. The Morgan fingerprint density at radius 1 is 1.39 bits per heavy atom. The van der Waals surface area contributed by atoms with Gasteiger partial charge < -0.3 is 14.6 Å². The molecule has 1 atom stereocenters. The molecular formula is C20H22N4O2S2. The van der Waals surface area contributed by atoms with Gasteiger partial charge in [0.25, 0.3) is 0 Å². The van der Waals surface area contributed by atoms with E-state index in [9.17, 15) is 4.79 Å². The highest BCUT2D eigenvalue weighted by molar-refractivity contribution is 7.98. The fourth-order valence-corrected chi connectivity index (χ4v) is 4.94. The van der Waals surface area contributed by atoms with E-state index in [0.29, 0.717) is 10.9 Å². The number of nitrogens with one attached hydrogen (secondary N) is 1. The number of nitrogens with zero attached hydrogens (tertiary/aromatic N) is 3. The molecule has 28 heavy (non-hydrogen) atoms. The summed E-state index contributed by atoms with van der Waals surface area (Å²) in [7, 11) is 0. The second-order valence-corrected chi connectivity index (χ2v) is 8.45. The van der Waals surface area contributed by atoms with Crippen LogP contribution in [0.25, 0.3) is 11.3 Å². The van der Waals surface area contributed by atoms with E-state index in [4.69, 9.17) is 4.74 Å². The predicted molar refractivity (Wildman–Crippen MR) is 113 cm³/mol. The van der Waals surface area contributed by atoms with Crippen LogP contribution in [0.4, 0.5) is 5.13 Å². The molecule has 0 spiro atoms. The summed E-state index contributed by atoms with van der Waals surface area (Å²) in [5.41, 5.74) is 3.20. The number of hydrogen-bond acceptors (Lipinski definition) is 6. The summed E-state index contributed by atoms with van der Waals surface area (Å²) in [5.74, 6) is 0.598. The van der Waals surface area contributed by atoms with Gasteiger partial charge in [-0.15, -0.1) is 11.3 Å². The zero-order valence-corrected chi connectivity index (χ0v) is 17.3. The first-order valence-electron chi connectivity index (χ1n) is 9.26. The third-order valence-corrected chi connectivity index (χ3v) is 6.31. The number of imidazole rings is 1. The Labute approximate surface area is 172 Å². The molecule has 1 aliphatic rings. The molecule has 4 rings (SSSR count). The second kappa shape index (κ2) is 8.89. The van der Waals surface area contributed by atoms with Crippen molar-refractivity contribution in [2.24, 2.45) is 0 Å². The van der Waals surface area contributed by atoms with Crippen molar-refractivity contribution in [3.8, 4) is 11.3 Å². The minimum atomic E-state index is -0.104. The van der Waals surface area contributed by atoms with E-state index in [0.717, 1.165) is 48.1 Å². The van der Waals surface area contributed by atoms with Crippen LogP contribution in [-0.2, 0) is 21.8 Å². The molecule has 1 fully saturated rings. The molecule has 1 unspecified atom stereocenters. The molecule has 146 valence electrons. The molecule has 3 aromatic rings. The summed E-state index contributed by atoms with van der Waals surface area (Å²) in [5, 5.41) is 6.30. The highest BCUT2D eigenvalue weighted by Crippen LogP contribution is 2.30. The van der Waals surface area contributed by atoms with E-state index >= 15 is 0 Å². The number of carbonyl (C=O) groups excluding carboxylic acids is 1. The van der Waals surface area contributed by atoms with Crippen LogP contribution in [-0.4, -0.2) is 33.2 Å². The summed E-state index contributed by atoms with van der Waals surface area (Å²) in [4.78, 5) is 20.3. The first-order chi connectivity index (χ1) is 13.7. The van der Waals surface area contributed by atoms with E-state index in [1.165, 1.54) is 18.3 Å². The van der Waals surface area contributed by atoms with E-state index in [1.807, 2.05) is 29.8 Å². The smallest absolute Gasteiger partial charge is 0.223 e. The van der Waals surface area contributed by atoms with Gasteiger partial charge in [0, 0.05) is 24.7 Å². The topological polar surface area (TPSA) is 69.0 Å². The van der Waals surface area contributed by atoms with E-state index in [2.05, 4.69) is 32.0 Å². The van der Waals surface area contributed by atoms with Crippen molar-refractivity contribution < 1.29 is 9.53 Å². The van der Waals surface area contributed by atoms with E-state index in [-0.39, 0.29) is 12.0 Å². The summed E-state index contributed by atoms with van der Waals surface area (Å²) >= 11 is 3.10. The van der Waals surface area contributed by atoms with Gasteiger partial charge in [0.2, 0.25) is 5.91 Å². The molecule has 0 saturated carbocycles. The number of thioether (sulfide) groups is 1. The molecule has 6 nitrogen and oxygen atoms in total.